The molecule has 0 bridgehead atoms. The maximum Gasteiger partial charge on any atom is 0.00448 e. The molecule has 0 spiro atoms. The zero-order valence-corrected chi connectivity index (χ0v) is 14.6. The van der Waals surface area contributed by atoms with E-state index in [2.05, 4.69) is 58.7 Å². The highest BCUT2D eigenvalue weighted by Gasteiger charge is 2.21. The Morgan fingerprint density at radius 2 is 1.42 bits per heavy atom. The second-order valence-corrected chi connectivity index (χ2v) is 7.59. The van der Waals surface area contributed by atoms with Crippen molar-refractivity contribution in [3.8, 4) is 0 Å². The monoisotopic (exact) mass is 270 g/mol. The van der Waals surface area contributed by atoms with Crippen molar-refractivity contribution in [3.05, 3.63) is 0 Å². The van der Waals surface area contributed by atoms with E-state index in [9.17, 15) is 0 Å². The summed E-state index contributed by atoms with van der Waals surface area (Å²) in [6, 6.07) is 0. The van der Waals surface area contributed by atoms with E-state index in [1.165, 1.54) is 32.5 Å². The highest BCUT2D eigenvalue weighted by atomic mass is 15.1. The first-order valence-electron chi connectivity index (χ1n) is 8.20. The molecule has 0 aromatic heterocycles. The Bertz CT molecular complexity index is 197. The van der Waals surface area contributed by atoms with Crippen molar-refractivity contribution < 1.29 is 0 Å². The fourth-order valence-electron chi connectivity index (χ4n) is 2.28. The molecule has 1 N–H and O–H groups in total. The van der Waals surface area contributed by atoms with Crippen LogP contribution in [0.25, 0.3) is 0 Å². The largest absolute Gasteiger partial charge is 0.316 e. The summed E-state index contributed by atoms with van der Waals surface area (Å²) in [5, 5.41) is 3.50. The maximum absolute atomic E-state index is 3.50. The van der Waals surface area contributed by atoms with Gasteiger partial charge in [-0.05, 0) is 49.7 Å². The fraction of sp³-hybridized carbons (Fsp3) is 1.00. The Morgan fingerprint density at radius 3 is 1.79 bits per heavy atom. The molecule has 2 heteroatoms. The van der Waals surface area contributed by atoms with Crippen molar-refractivity contribution in [2.75, 3.05) is 32.7 Å². The van der Waals surface area contributed by atoms with Gasteiger partial charge in [0, 0.05) is 13.1 Å². The first-order valence-corrected chi connectivity index (χ1v) is 8.20. The predicted molar refractivity (Wildman–Crippen MR) is 87.7 cm³/mol. The van der Waals surface area contributed by atoms with Gasteiger partial charge in [-0.25, -0.2) is 0 Å². The lowest BCUT2D eigenvalue weighted by molar-refractivity contribution is 0.161. The molecule has 0 aromatic carbocycles. The molecule has 0 aliphatic heterocycles. The summed E-state index contributed by atoms with van der Waals surface area (Å²) in [5.74, 6) is 1.61. The van der Waals surface area contributed by atoms with Crippen molar-refractivity contribution in [1.29, 1.82) is 0 Å². The smallest absolute Gasteiger partial charge is 0.00448 e. The van der Waals surface area contributed by atoms with Crippen molar-refractivity contribution in [1.82, 2.24) is 10.2 Å². The van der Waals surface area contributed by atoms with Crippen LogP contribution in [-0.2, 0) is 0 Å². The summed E-state index contributed by atoms with van der Waals surface area (Å²) in [6.07, 6.45) is 2.63. The van der Waals surface area contributed by atoms with Gasteiger partial charge in [-0.3, -0.25) is 0 Å². The molecule has 0 atom stereocenters. The van der Waals surface area contributed by atoms with E-state index < -0.39 is 0 Å². The van der Waals surface area contributed by atoms with E-state index in [1.807, 2.05) is 0 Å². The Balaban J connectivity index is 4.28. The number of nitrogens with one attached hydrogen (secondary N) is 1. The van der Waals surface area contributed by atoms with Crippen LogP contribution in [0.5, 0.6) is 0 Å². The molecule has 0 aliphatic carbocycles. The third kappa shape index (κ3) is 11.4. The van der Waals surface area contributed by atoms with Gasteiger partial charge in [0.1, 0.15) is 0 Å². The molecular formula is C17H38N2. The molecule has 0 heterocycles. The first-order chi connectivity index (χ1) is 8.76. The van der Waals surface area contributed by atoms with Crippen molar-refractivity contribution in [3.63, 3.8) is 0 Å². The quantitative estimate of drug-likeness (QED) is 0.610. The lowest BCUT2D eigenvalue weighted by Crippen LogP contribution is -2.41. The minimum absolute atomic E-state index is 0.365. The molecule has 2 nitrogen and oxygen atoms in total. The summed E-state index contributed by atoms with van der Waals surface area (Å²) in [4.78, 5) is 2.68. The van der Waals surface area contributed by atoms with Crippen LogP contribution in [0.15, 0.2) is 0 Å². The lowest BCUT2D eigenvalue weighted by Gasteiger charge is -2.33. The fourth-order valence-corrected chi connectivity index (χ4v) is 2.28. The Labute approximate surface area is 122 Å². The Morgan fingerprint density at radius 1 is 0.947 bits per heavy atom. The van der Waals surface area contributed by atoms with Gasteiger partial charge in [0.05, 0.1) is 0 Å². The number of rotatable bonds is 11. The SMILES string of the molecule is CCNCC(C)(C)CN(CCC(C)C)CCC(C)C. The van der Waals surface area contributed by atoms with Gasteiger partial charge in [0.25, 0.3) is 0 Å². The molecule has 0 radical (unpaired) electrons. The Kier molecular flexibility index (Phi) is 9.72. The molecule has 0 aromatic rings. The second kappa shape index (κ2) is 9.77. The lowest BCUT2D eigenvalue weighted by atomic mass is 9.92. The summed E-state index contributed by atoms with van der Waals surface area (Å²) >= 11 is 0. The minimum atomic E-state index is 0.365. The number of hydrogen-bond acceptors (Lipinski definition) is 2. The van der Waals surface area contributed by atoms with Gasteiger partial charge >= 0.3 is 0 Å². The van der Waals surface area contributed by atoms with Crippen molar-refractivity contribution >= 4 is 0 Å². The molecule has 0 unspecified atom stereocenters. The Hall–Kier alpha value is -0.0800. The standard InChI is InChI=1S/C17H38N2/c1-8-18-13-17(6,7)14-19(11-9-15(2)3)12-10-16(4)5/h15-16,18H,8-14H2,1-7H3. The van der Waals surface area contributed by atoms with Gasteiger partial charge in [-0.1, -0.05) is 48.5 Å². The van der Waals surface area contributed by atoms with E-state index >= 15 is 0 Å². The van der Waals surface area contributed by atoms with E-state index in [-0.39, 0.29) is 0 Å². The van der Waals surface area contributed by atoms with E-state index in [0.717, 1.165) is 24.9 Å². The van der Waals surface area contributed by atoms with Crippen LogP contribution in [0.3, 0.4) is 0 Å². The molecule has 0 saturated heterocycles. The van der Waals surface area contributed by atoms with Gasteiger partial charge in [-0.2, -0.15) is 0 Å². The van der Waals surface area contributed by atoms with Crippen molar-refractivity contribution in [2.24, 2.45) is 17.3 Å². The molecular weight excluding hydrogens is 232 g/mol. The average Bonchev–Trinajstić information content (AvgIpc) is 2.29. The highest BCUT2D eigenvalue weighted by molar-refractivity contribution is 4.76. The van der Waals surface area contributed by atoms with E-state index in [1.54, 1.807) is 0 Å². The topological polar surface area (TPSA) is 15.3 Å². The maximum atomic E-state index is 3.50. The van der Waals surface area contributed by atoms with Crippen LogP contribution in [-0.4, -0.2) is 37.6 Å². The highest BCUT2D eigenvalue weighted by Crippen LogP contribution is 2.18. The zero-order valence-electron chi connectivity index (χ0n) is 14.6. The summed E-state index contributed by atoms with van der Waals surface area (Å²) in [6.45, 7) is 22.1. The second-order valence-electron chi connectivity index (χ2n) is 7.59. The van der Waals surface area contributed by atoms with Crippen LogP contribution in [0.4, 0.5) is 0 Å². The summed E-state index contributed by atoms with van der Waals surface area (Å²) < 4.78 is 0. The molecule has 0 fully saturated rings. The summed E-state index contributed by atoms with van der Waals surface area (Å²) in [7, 11) is 0. The molecule has 0 saturated carbocycles. The van der Waals surface area contributed by atoms with Crippen LogP contribution in [0.1, 0.15) is 61.3 Å². The predicted octanol–water partition coefficient (Wildman–Crippen LogP) is 4.02. The molecule has 0 aliphatic rings. The number of nitrogens with zero attached hydrogens (tertiary/aromatic N) is 1. The van der Waals surface area contributed by atoms with E-state index in [4.69, 9.17) is 0 Å². The third-order valence-electron chi connectivity index (χ3n) is 3.55. The van der Waals surface area contributed by atoms with E-state index in [0.29, 0.717) is 5.41 Å². The molecule has 116 valence electrons. The normalized spacial score (nSPS) is 12.9. The number of hydrogen-bond donors (Lipinski definition) is 1. The van der Waals surface area contributed by atoms with Gasteiger partial charge < -0.3 is 10.2 Å². The van der Waals surface area contributed by atoms with Gasteiger partial charge in [-0.15, -0.1) is 0 Å². The summed E-state index contributed by atoms with van der Waals surface area (Å²) in [5.41, 5.74) is 0.365. The molecule has 19 heavy (non-hydrogen) atoms. The first kappa shape index (κ1) is 18.9. The average molecular weight is 271 g/mol. The van der Waals surface area contributed by atoms with Crippen LogP contribution in [0.2, 0.25) is 0 Å². The molecule has 0 amide bonds. The molecule has 0 rings (SSSR count). The van der Waals surface area contributed by atoms with Gasteiger partial charge in [0.2, 0.25) is 0 Å². The minimum Gasteiger partial charge on any atom is -0.316 e. The van der Waals surface area contributed by atoms with Crippen LogP contribution in [0, 0.1) is 17.3 Å². The third-order valence-corrected chi connectivity index (χ3v) is 3.55. The van der Waals surface area contributed by atoms with Gasteiger partial charge in [0.15, 0.2) is 0 Å². The van der Waals surface area contributed by atoms with Crippen LogP contribution < -0.4 is 5.32 Å². The van der Waals surface area contributed by atoms with Crippen molar-refractivity contribution in [2.45, 2.75) is 61.3 Å². The van der Waals surface area contributed by atoms with Crippen LogP contribution >= 0.6 is 0 Å². The zero-order chi connectivity index (χ0) is 14.9.